The van der Waals surface area contributed by atoms with Crippen molar-refractivity contribution >= 4 is 5.91 Å². The molecular formula is C15H22N2O2. The molecule has 0 aromatic carbocycles. The molecule has 1 amide bonds. The van der Waals surface area contributed by atoms with Crippen LogP contribution in [0.2, 0.25) is 0 Å². The number of aromatic nitrogens is 1. The molecule has 1 aliphatic rings. The molecule has 1 aromatic rings. The Morgan fingerprint density at radius 2 is 2.21 bits per heavy atom. The molecule has 0 saturated heterocycles. The summed E-state index contributed by atoms with van der Waals surface area (Å²) in [6, 6.07) is 3.45. The van der Waals surface area contributed by atoms with Gasteiger partial charge >= 0.3 is 0 Å². The van der Waals surface area contributed by atoms with Gasteiger partial charge in [-0.3, -0.25) is 9.78 Å². The summed E-state index contributed by atoms with van der Waals surface area (Å²) in [5.41, 5.74) is -0.292. The van der Waals surface area contributed by atoms with E-state index in [0.29, 0.717) is 12.1 Å². The fourth-order valence-electron chi connectivity index (χ4n) is 2.73. The largest absolute Gasteiger partial charge is 0.388 e. The van der Waals surface area contributed by atoms with Crippen molar-refractivity contribution in [1.29, 1.82) is 0 Å². The summed E-state index contributed by atoms with van der Waals surface area (Å²) < 4.78 is 0. The van der Waals surface area contributed by atoms with Gasteiger partial charge in [0.1, 0.15) is 0 Å². The molecule has 2 rings (SSSR count). The number of nitrogens with one attached hydrogen (secondary N) is 1. The monoisotopic (exact) mass is 262 g/mol. The van der Waals surface area contributed by atoms with E-state index in [2.05, 4.69) is 10.3 Å². The Balaban J connectivity index is 1.88. The first kappa shape index (κ1) is 14.0. The van der Waals surface area contributed by atoms with Crippen molar-refractivity contribution in [1.82, 2.24) is 10.3 Å². The molecule has 1 atom stereocenters. The molecule has 0 bridgehead atoms. The van der Waals surface area contributed by atoms with E-state index in [1.54, 1.807) is 18.3 Å². The molecule has 0 aliphatic heterocycles. The molecule has 19 heavy (non-hydrogen) atoms. The smallest absolute Gasteiger partial charge is 0.252 e. The van der Waals surface area contributed by atoms with Crippen LogP contribution in [0.3, 0.4) is 0 Å². The topological polar surface area (TPSA) is 62.2 Å². The van der Waals surface area contributed by atoms with Crippen LogP contribution in [0.4, 0.5) is 0 Å². The van der Waals surface area contributed by atoms with E-state index in [1.165, 1.54) is 25.5 Å². The number of aliphatic hydroxyl groups is 1. The molecule has 1 aromatic heterocycles. The first-order chi connectivity index (χ1) is 9.09. The van der Waals surface area contributed by atoms with E-state index in [0.717, 1.165) is 12.8 Å². The normalized spacial score (nSPS) is 19.7. The maximum Gasteiger partial charge on any atom is 0.252 e. The number of carbonyl (C=O) groups is 1. The predicted octanol–water partition coefficient (Wildman–Crippen LogP) is 2.14. The first-order valence-electron chi connectivity index (χ1n) is 7.00. The Bertz CT molecular complexity index is 411. The van der Waals surface area contributed by atoms with E-state index in [9.17, 15) is 9.90 Å². The number of hydrogen-bond donors (Lipinski definition) is 2. The van der Waals surface area contributed by atoms with Gasteiger partial charge in [-0.25, -0.2) is 0 Å². The molecule has 1 heterocycles. The molecule has 1 fully saturated rings. The molecule has 1 saturated carbocycles. The van der Waals surface area contributed by atoms with E-state index < -0.39 is 5.60 Å². The van der Waals surface area contributed by atoms with E-state index in [4.69, 9.17) is 0 Å². The van der Waals surface area contributed by atoms with Crippen LogP contribution in [0, 0.1) is 5.92 Å². The second-order valence-electron chi connectivity index (χ2n) is 5.62. The summed E-state index contributed by atoms with van der Waals surface area (Å²) in [5, 5.41) is 13.3. The van der Waals surface area contributed by atoms with Gasteiger partial charge in [0.05, 0.1) is 11.2 Å². The summed E-state index contributed by atoms with van der Waals surface area (Å²) in [7, 11) is 0. The second-order valence-corrected chi connectivity index (χ2v) is 5.62. The third-order valence-corrected chi connectivity index (χ3v) is 4.02. The lowest BCUT2D eigenvalue weighted by Crippen LogP contribution is -2.46. The minimum Gasteiger partial charge on any atom is -0.388 e. The third-order valence-electron chi connectivity index (χ3n) is 4.02. The highest BCUT2D eigenvalue weighted by molar-refractivity contribution is 5.93. The average Bonchev–Trinajstić information content (AvgIpc) is 2.47. The number of carbonyl (C=O) groups excluding carboxylic acids is 1. The number of amides is 1. The van der Waals surface area contributed by atoms with Crippen LogP contribution in [0.15, 0.2) is 24.5 Å². The molecule has 0 radical (unpaired) electrons. The van der Waals surface area contributed by atoms with E-state index in [-0.39, 0.29) is 11.8 Å². The Morgan fingerprint density at radius 1 is 1.47 bits per heavy atom. The van der Waals surface area contributed by atoms with Crippen molar-refractivity contribution in [3.63, 3.8) is 0 Å². The van der Waals surface area contributed by atoms with E-state index >= 15 is 0 Å². The number of nitrogens with zero attached hydrogens (tertiary/aromatic N) is 1. The molecule has 0 spiro atoms. The Hall–Kier alpha value is -1.42. The molecule has 4 nitrogen and oxygen atoms in total. The standard InChI is InChI=1S/C15H22N2O2/c1-15(19,13-7-3-2-4-8-13)11-17-14(18)12-6-5-9-16-10-12/h5-6,9-10,13,19H,2-4,7-8,11H2,1H3,(H,17,18)/t15-/m0/s1. The zero-order valence-electron chi connectivity index (χ0n) is 11.4. The van der Waals surface area contributed by atoms with Crippen molar-refractivity contribution < 1.29 is 9.90 Å². The average molecular weight is 262 g/mol. The maximum atomic E-state index is 11.9. The van der Waals surface area contributed by atoms with Gasteiger partial charge in [-0.2, -0.15) is 0 Å². The predicted molar refractivity (Wildman–Crippen MR) is 73.8 cm³/mol. The minimum absolute atomic E-state index is 0.177. The van der Waals surface area contributed by atoms with Gasteiger partial charge in [-0.1, -0.05) is 19.3 Å². The zero-order chi connectivity index (χ0) is 13.7. The fourth-order valence-corrected chi connectivity index (χ4v) is 2.73. The van der Waals surface area contributed by atoms with Crippen LogP contribution in [-0.2, 0) is 0 Å². The highest BCUT2D eigenvalue weighted by Gasteiger charge is 2.33. The third kappa shape index (κ3) is 3.77. The van der Waals surface area contributed by atoms with Crippen LogP contribution < -0.4 is 5.32 Å². The molecule has 104 valence electrons. The number of pyridine rings is 1. The quantitative estimate of drug-likeness (QED) is 0.874. The second kappa shape index (κ2) is 6.15. The SMILES string of the molecule is C[C@](O)(CNC(=O)c1cccnc1)C1CCCCC1. The van der Waals surface area contributed by atoms with E-state index in [1.807, 2.05) is 6.92 Å². The van der Waals surface area contributed by atoms with Crippen LogP contribution in [0.25, 0.3) is 0 Å². The van der Waals surface area contributed by atoms with Crippen molar-refractivity contribution in [3.8, 4) is 0 Å². The summed E-state index contributed by atoms with van der Waals surface area (Å²) in [4.78, 5) is 15.8. The first-order valence-corrected chi connectivity index (χ1v) is 7.00. The van der Waals surface area contributed by atoms with Crippen molar-refractivity contribution in [3.05, 3.63) is 30.1 Å². The van der Waals surface area contributed by atoms with Crippen LogP contribution in [0.5, 0.6) is 0 Å². The van der Waals surface area contributed by atoms with Gasteiger partial charge in [-0.05, 0) is 37.8 Å². The fraction of sp³-hybridized carbons (Fsp3) is 0.600. The highest BCUT2D eigenvalue weighted by Crippen LogP contribution is 2.32. The van der Waals surface area contributed by atoms with Gasteiger partial charge in [-0.15, -0.1) is 0 Å². The zero-order valence-corrected chi connectivity index (χ0v) is 11.4. The van der Waals surface area contributed by atoms with Crippen molar-refractivity contribution in [2.45, 2.75) is 44.6 Å². The molecule has 1 aliphatic carbocycles. The molecule has 0 unspecified atom stereocenters. The van der Waals surface area contributed by atoms with Crippen molar-refractivity contribution in [2.75, 3.05) is 6.54 Å². The highest BCUT2D eigenvalue weighted by atomic mass is 16.3. The Morgan fingerprint density at radius 3 is 2.84 bits per heavy atom. The molecule has 4 heteroatoms. The van der Waals surface area contributed by atoms with Crippen LogP contribution in [-0.4, -0.2) is 28.1 Å². The lowest BCUT2D eigenvalue weighted by Gasteiger charge is -2.35. The van der Waals surface area contributed by atoms with Gasteiger partial charge in [0.15, 0.2) is 0 Å². The number of rotatable bonds is 4. The summed E-state index contributed by atoms with van der Waals surface area (Å²) in [6.45, 7) is 2.12. The Labute approximate surface area is 114 Å². The number of hydrogen-bond acceptors (Lipinski definition) is 3. The van der Waals surface area contributed by atoms with Gasteiger partial charge in [0.2, 0.25) is 0 Å². The molecular weight excluding hydrogens is 240 g/mol. The van der Waals surface area contributed by atoms with Gasteiger partial charge in [0, 0.05) is 18.9 Å². The summed E-state index contributed by atoms with van der Waals surface area (Å²) in [6.07, 6.45) is 8.88. The maximum absolute atomic E-state index is 11.9. The van der Waals surface area contributed by atoms with Crippen LogP contribution >= 0.6 is 0 Å². The lowest BCUT2D eigenvalue weighted by molar-refractivity contribution is -0.0143. The lowest BCUT2D eigenvalue weighted by atomic mass is 9.78. The van der Waals surface area contributed by atoms with Crippen molar-refractivity contribution in [2.24, 2.45) is 5.92 Å². The minimum atomic E-state index is -0.821. The Kier molecular flexibility index (Phi) is 4.53. The summed E-state index contributed by atoms with van der Waals surface area (Å²) >= 11 is 0. The van der Waals surface area contributed by atoms with Crippen LogP contribution in [0.1, 0.15) is 49.4 Å². The van der Waals surface area contributed by atoms with Gasteiger partial charge in [0.25, 0.3) is 5.91 Å². The van der Waals surface area contributed by atoms with Gasteiger partial charge < -0.3 is 10.4 Å². The molecule has 2 N–H and O–H groups in total. The summed E-state index contributed by atoms with van der Waals surface area (Å²) in [5.74, 6) is 0.111.